The van der Waals surface area contributed by atoms with E-state index in [2.05, 4.69) is 0 Å². The molecule has 2 fully saturated rings. The van der Waals surface area contributed by atoms with Gasteiger partial charge in [0.1, 0.15) is 54.8 Å². The van der Waals surface area contributed by atoms with Crippen LogP contribution in [-0.4, -0.2) is 72.8 Å². The summed E-state index contributed by atoms with van der Waals surface area (Å²) in [5, 5.41) is 31.1. The molecule has 2 aromatic carbocycles. The van der Waals surface area contributed by atoms with Crippen molar-refractivity contribution in [1.82, 2.24) is 0 Å². The number of methoxy groups -OCH3 is 1. The number of alkyl halides is 1. The Morgan fingerprint density at radius 3 is 2.48 bits per heavy atom. The highest BCUT2D eigenvalue weighted by molar-refractivity contribution is 6.31. The van der Waals surface area contributed by atoms with Gasteiger partial charge in [0.15, 0.2) is 0 Å². The van der Waals surface area contributed by atoms with Crippen molar-refractivity contribution in [3.8, 4) is 11.5 Å². The summed E-state index contributed by atoms with van der Waals surface area (Å²) >= 11 is 6.49. The molecule has 2 heterocycles. The zero-order valence-corrected chi connectivity index (χ0v) is 19.0. The predicted octanol–water partition coefficient (Wildman–Crippen LogP) is 2.60. The lowest BCUT2D eigenvalue weighted by Gasteiger charge is -2.40. The zero-order chi connectivity index (χ0) is 23.5. The van der Waals surface area contributed by atoms with Crippen LogP contribution in [0.4, 0.5) is 4.39 Å². The van der Waals surface area contributed by atoms with E-state index in [4.69, 9.17) is 30.5 Å². The maximum absolute atomic E-state index is 13.3. The number of benzene rings is 2. The minimum Gasteiger partial charge on any atom is -0.496 e. The van der Waals surface area contributed by atoms with Crippen LogP contribution in [-0.2, 0) is 15.9 Å². The fourth-order valence-electron chi connectivity index (χ4n) is 4.19. The molecule has 0 spiro atoms. The summed E-state index contributed by atoms with van der Waals surface area (Å²) in [7, 11) is 1.44. The molecule has 0 bridgehead atoms. The van der Waals surface area contributed by atoms with Crippen LogP contribution in [0.2, 0.25) is 5.02 Å². The summed E-state index contributed by atoms with van der Waals surface area (Å²) in [4.78, 5) is 0. The average molecular weight is 483 g/mol. The van der Waals surface area contributed by atoms with Crippen molar-refractivity contribution in [3.63, 3.8) is 0 Å². The van der Waals surface area contributed by atoms with Gasteiger partial charge in [-0.15, -0.1) is 0 Å². The molecule has 0 saturated carbocycles. The molecule has 3 N–H and O–H groups in total. The van der Waals surface area contributed by atoms with Crippen molar-refractivity contribution in [1.29, 1.82) is 0 Å². The first kappa shape index (κ1) is 24.2. The van der Waals surface area contributed by atoms with Crippen LogP contribution in [0.3, 0.4) is 0 Å². The quantitative estimate of drug-likeness (QED) is 0.558. The molecule has 2 aliphatic rings. The molecular formula is C24H28ClFO7. The molecular weight excluding hydrogens is 455 g/mol. The van der Waals surface area contributed by atoms with E-state index in [9.17, 15) is 19.7 Å². The van der Waals surface area contributed by atoms with Crippen LogP contribution in [0.5, 0.6) is 11.5 Å². The van der Waals surface area contributed by atoms with Crippen LogP contribution < -0.4 is 9.47 Å². The van der Waals surface area contributed by atoms with Crippen molar-refractivity contribution in [3.05, 3.63) is 58.1 Å². The molecule has 0 radical (unpaired) electrons. The number of hydrogen-bond acceptors (Lipinski definition) is 7. The molecule has 33 heavy (non-hydrogen) atoms. The van der Waals surface area contributed by atoms with Crippen LogP contribution in [0.15, 0.2) is 36.4 Å². The molecule has 4 rings (SSSR count). The largest absolute Gasteiger partial charge is 0.496 e. The van der Waals surface area contributed by atoms with Crippen LogP contribution in [0.25, 0.3) is 0 Å². The van der Waals surface area contributed by atoms with Gasteiger partial charge in [0.25, 0.3) is 0 Å². The van der Waals surface area contributed by atoms with E-state index in [0.29, 0.717) is 36.0 Å². The normalized spacial score (nSPS) is 29.8. The third-order valence-electron chi connectivity index (χ3n) is 6.08. The molecule has 0 aromatic heterocycles. The molecule has 2 aliphatic heterocycles. The zero-order valence-electron chi connectivity index (χ0n) is 18.2. The van der Waals surface area contributed by atoms with Gasteiger partial charge in [0, 0.05) is 17.0 Å². The Morgan fingerprint density at radius 2 is 1.85 bits per heavy atom. The van der Waals surface area contributed by atoms with E-state index in [1.165, 1.54) is 7.11 Å². The molecule has 2 aromatic rings. The van der Waals surface area contributed by atoms with E-state index in [1.54, 1.807) is 12.1 Å². The first-order valence-electron chi connectivity index (χ1n) is 10.9. The predicted molar refractivity (Wildman–Crippen MR) is 119 cm³/mol. The van der Waals surface area contributed by atoms with Gasteiger partial charge in [-0.05, 0) is 41.8 Å². The van der Waals surface area contributed by atoms with E-state index in [1.807, 2.05) is 24.3 Å². The Kier molecular flexibility index (Phi) is 7.73. The minimum atomic E-state index is -1.56. The standard InChI is InChI=1S/C24H28ClFO7/c1-30-19-10-18(25)14(8-13-2-4-15(5-3-13)32-16-6-7-31-12-16)9-17(19)24-23(29)22(28)21(27)20(11-26)33-24/h2-5,9-10,16,20-24,27-29H,6-8,11-12H2,1H3/t16-,20+,21-,22-,23-,24-/m0/s1. The number of halogens is 2. The van der Waals surface area contributed by atoms with Crippen LogP contribution in [0.1, 0.15) is 29.2 Å². The van der Waals surface area contributed by atoms with Gasteiger partial charge >= 0.3 is 0 Å². The van der Waals surface area contributed by atoms with Crippen molar-refractivity contribution in [2.75, 3.05) is 27.0 Å². The van der Waals surface area contributed by atoms with E-state index in [0.717, 1.165) is 23.3 Å². The molecule has 2 saturated heterocycles. The Balaban J connectivity index is 1.56. The smallest absolute Gasteiger partial charge is 0.126 e. The maximum Gasteiger partial charge on any atom is 0.126 e. The number of ether oxygens (including phenoxy) is 4. The fourth-order valence-corrected chi connectivity index (χ4v) is 4.41. The minimum absolute atomic E-state index is 0.0679. The Labute approximate surface area is 196 Å². The monoisotopic (exact) mass is 482 g/mol. The molecule has 0 amide bonds. The Bertz CT molecular complexity index is 933. The maximum atomic E-state index is 13.3. The number of rotatable bonds is 7. The molecule has 9 heteroatoms. The second kappa shape index (κ2) is 10.5. The molecule has 6 atom stereocenters. The van der Waals surface area contributed by atoms with Gasteiger partial charge in [0.05, 0.1) is 20.3 Å². The lowest BCUT2D eigenvalue weighted by atomic mass is 9.89. The van der Waals surface area contributed by atoms with Gasteiger partial charge in [-0.25, -0.2) is 4.39 Å². The van der Waals surface area contributed by atoms with Crippen LogP contribution in [0, 0.1) is 0 Å². The lowest BCUT2D eigenvalue weighted by Crippen LogP contribution is -2.54. The van der Waals surface area contributed by atoms with E-state index >= 15 is 0 Å². The van der Waals surface area contributed by atoms with Gasteiger partial charge < -0.3 is 34.3 Å². The number of aliphatic hydroxyl groups is 3. The summed E-state index contributed by atoms with van der Waals surface area (Å²) in [6.45, 7) is 0.296. The van der Waals surface area contributed by atoms with E-state index < -0.39 is 37.2 Å². The third kappa shape index (κ3) is 5.26. The summed E-state index contributed by atoms with van der Waals surface area (Å²) < 4.78 is 35.6. The summed E-state index contributed by atoms with van der Waals surface area (Å²) in [6.07, 6.45) is -5.52. The first-order valence-corrected chi connectivity index (χ1v) is 11.2. The summed E-state index contributed by atoms with van der Waals surface area (Å²) in [5.74, 6) is 1.09. The first-order chi connectivity index (χ1) is 15.9. The third-order valence-corrected chi connectivity index (χ3v) is 6.43. The van der Waals surface area contributed by atoms with Crippen molar-refractivity contribution < 1.29 is 38.7 Å². The van der Waals surface area contributed by atoms with Crippen molar-refractivity contribution in [2.45, 2.75) is 49.5 Å². The van der Waals surface area contributed by atoms with Gasteiger partial charge in [-0.1, -0.05) is 23.7 Å². The number of hydrogen-bond donors (Lipinski definition) is 3. The van der Waals surface area contributed by atoms with Gasteiger partial charge in [-0.2, -0.15) is 0 Å². The SMILES string of the molecule is COc1cc(Cl)c(Cc2ccc(O[C@H]3CCOC3)cc2)cc1[C@@H]1O[C@H](CF)[C@H](O)[C@H](O)[C@@H]1O. The fraction of sp³-hybridized carbons (Fsp3) is 0.500. The molecule has 7 nitrogen and oxygen atoms in total. The van der Waals surface area contributed by atoms with E-state index in [-0.39, 0.29) is 6.10 Å². The highest BCUT2D eigenvalue weighted by Crippen LogP contribution is 2.40. The summed E-state index contributed by atoms with van der Waals surface area (Å²) in [5.41, 5.74) is 2.12. The topological polar surface area (TPSA) is 97.6 Å². The Hall–Kier alpha value is -1.94. The highest BCUT2D eigenvalue weighted by atomic mass is 35.5. The van der Waals surface area contributed by atoms with Crippen molar-refractivity contribution >= 4 is 11.6 Å². The molecule has 180 valence electrons. The molecule has 0 unspecified atom stereocenters. The number of aliphatic hydroxyl groups excluding tert-OH is 3. The second-order valence-electron chi connectivity index (χ2n) is 8.33. The highest BCUT2D eigenvalue weighted by Gasteiger charge is 2.45. The second-order valence-corrected chi connectivity index (χ2v) is 8.74. The van der Waals surface area contributed by atoms with Gasteiger partial charge in [0.2, 0.25) is 0 Å². The van der Waals surface area contributed by atoms with Crippen LogP contribution >= 0.6 is 11.6 Å². The van der Waals surface area contributed by atoms with Gasteiger partial charge in [-0.3, -0.25) is 0 Å². The summed E-state index contributed by atoms with van der Waals surface area (Å²) in [6, 6.07) is 11.0. The van der Waals surface area contributed by atoms with Crippen molar-refractivity contribution in [2.24, 2.45) is 0 Å². The Morgan fingerprint density at radius 1 is 1.09 bits per heavy atom. The average Bonchev–Trinajstić information content (AvgIpc) is 3.33. The molecule has 0 aliphatic carbocycles. The lowest BCUT2D eigenvalue weighted by molar-refractivity contribution is -0.227.